The standard InChI is InChI=1S/C10H15NO2/c1-10(2,3)7-4-5-8(9(12)13)11-6-7/h4-6,9,12-13H,1-3H3. The van der Waals surface area contributed by atoms with E-state index in [0.717, 1.165) is 5.56 Å². The van der Waals surface area contributed by atoms with Crippen LogP contribution in [0, 0.1) is 0 Å². The van der Waals surface area contributed by atoms with Gasteiger partial charge in [0.15, 0.2) is 6.29 Å². The summed E-state index contributed by atoms with van der Waals surface area (Å²) < 4.78 is 0. The number of aliphatic hydroxyl groups is 2. The molecule has 0 radical (unpaired) electrons. The third kappa shape index (κ3) is 2.50. The Labute approximate surface area is 78.1 Å². The van der Waals surface area contributed by atoms with E-state index in [-0.39, 0.29) is 11.1 Å². The molecule has 0 saturated heterocycles. The normalized spacial score (nSPS) is 12.2. The monoisotopic (exact) mass is 181 g/mol. The molecular formula is C10H15NO2. The summed E-state index contributed by atoms with van der Waals surface area (Å²) in [5.41, 5.74) is 1.41. The third-order valence-electron chi connectivity index (χ3n) is 1.92. The SMILES string of the molecule is CC(C)(C)c1ccc(C(O)O)nc1. The van der Waals surface area contributed by atoms with E-state index in [4.69, 9.17) is 10.2 Å². The molecule has 0 aliphatic heterocycles. The first-order valence-corrected chi connectivity index (χ1v) is 4.24. The van der Waals surface area contributed by atoms with Gasteiger partial charge in [-0.3, -0.25) is 4.98 Å². The summed E-state index contributed by atoms with van der Waals surface area (Å²) in [6.07, 6.45) is 0.198. The van der Waals surface area contributed by atoms with E-state index in [0.29, 0.717) is 0 Å². The maximum atomic E-state index is 8.81. The van der Waals surface area contributed by atoms with Crippen LogP contribution in [-0.2, 0) is 5.41 Å². The average Bonchev–Trinajstić information content (AvgIpc) is 2.03. The van der Waals surface area contributed by atoms with Crippen LogP contribution in [0.1, 0.15) is 38.3 Å². The fourth-order valence-corrected chi connectivity index (χ4v) is 1.00. The molecule has 72 valence electrons. The van der Waals surface area contributed by atoms with Gasteiger partial charge >= 0.3 is 0 Å². The number of hydrogen-bond acceptors (Lipinski definition) is 3. The van der Waals surface area contributed by atoms with Gasteiger partial charge in [-0.1, -0.05) is 26.8 Å². The van der Waals surface area contributed by atoms with Gasteiger partial charge in [0.05, 0.1) is 5.69 Å². The summed E-state index contributed by atoms with van der Waals surface area (Å²) in [6.45, 7) is 6.25. The second kappa shape index (κ2) is 3.44. The van der Waals surface area contributed by atoms with E-state index in [1.165, 1.54) is 0 Å². The fourth-order valence-electron chi connectivity index (χ4n) is 1.00. The zero-order chi connectivity index (χ0) is 10.1. The van der Waals surface area contributed by atoms with Crippen LogP contribution in [-0.4, -0.2) is 15.2 Å². The van der Waals surface area contributed by atoms with Gasteiger partial charge in [-0.15, -0.1) is 0 Å². The van der Waals surface area contributed by atoms with Crippen molar-refractivity contribution in [3.05, 3.63) is 29.6 Å². The van der Waals surface area contributed by atoms with E-state index in [1.807, 2.05) is 6.07 Å². The Kier molecular flexibility index (Phi) is 2.68. The van der Waals surface area contributed by atoms with Gasteiger partial charge in [0.1, 0.15) is 0 Å². The molecule has 13 heavy (non-hydrogen) atoms. The number of hydrogen-bond donors (Lipinski definition) is 2. The molecule has 0 fully saturated rings. The van der Waals surface area contributed by atoms with Crippen molar-refractivity contribution < 1.29 is 10.2 Å². The van der Waals surface area contributed by atoms with Crippen molar-refractivity contribution in [3.8, 4) is 0 Å². The molecule has 0 aliphatic carbocycles. The molecule has 0 unspecified atom stereocenters. The second-order valence-corrected chi connectivity index (χ2v) is 4.10. The molecule has 0 saturated carbocycles. The highest BCUT2D eigenvalue weighted by Gasteiger charge is 2.14. The van der Waals surface area contributed by atoms with Crippen LogP contribution in [0.5, 0.6) is 0 Å². The molecule has 1 heterocycles. The van der Waals surface area contributed by atoms with E-state index >= 15 is 0 Å². The summed E-state index contributed by atoms with van der Waals surface area (Å²) in [7, 11) is 0. The highest BCUT2D eigenvalue weighted by molar-refractivity contribution is 5.21. The van der Waals surface area contributed by atoms with Crippen LogP contribution in [0.4, 0.5) is 0 Å². The largest absolute Gasteiger partial charge is 0.363 e. The smallest absolute Gasteiger partial charge is 0.196 e. The van der Waals surface area contributed by atoms with Crippen molar-refractivity contribution in [1.82, 2.24) is 4.98 Å². The molecule has 1 rings (SSSR count). The Morgan fingerprint density at radius 2 is 1.85 bits per heavy atom. The first kappa shape index (κ1) is 10.2. The maximum absolute atomic E-state index is 8.81. The third-order valence-corrected chi connectivity index (χ3v) is 1.92. The van der Waals surface area contributed by atoms with Crippen LogP contribution in [0.15, 0.2) is 18.3 Å². The lowest BCUT2D eigenvalue weighted by molar-refractivity contribution is -0.0458. The lowest BCUT2D eigenvalue weighted by Gasteiger charge is -2.18. The molecular weight excluding hydrogens is 166 g/mol. The number of aromatic nitrogens is 1. The first-order chi connectivity index (χ1) is 5.91. The number of rotatable bonds is 1. The predicted octanol–water partition coefficient (Wildman–Crippen LogP) is 1.36. The highest BCUT2D eigenvalue weighted by atomic mass is 16.5. The Morgan fingerprint density at radius 3 is 2.15 bits per heavy atom. The van der Waals surface area contributed by atoms with Crippen molar-refractivity contribution in [1.29, 1.82) is 0 Å². The van der Waals surface area contributed by atoms with E-state index in [9.17, 15) is 0 Å². The summed E-state index contributed by atoms with van der Waals surface area (Å²) in [5, 5.41) is 17.6. The lowest BCUT2D eigenvalue weighted by atomic mass is 9.88. The molecule has 0 bridgehead atoms. The number of nitrogens with zero attached hydrogens (tertiary/aromatic N) is 1. The van der Waals surface area contributed by atoms with Gasteiger partial charge in [-0.2, -0.15) is 0 Å². The Morgan fingerprint density at radius 1 is 1.23 bits per heavy atom. The van der Waals surface area contributed by atoms with Crippen LogP contribution in [0.25, 0.3) is 0 Å². The second-order valence-electron chi connectivity index (χ2n) is 4.10. The zero-order valence-electron chi connectivity index (χ0n) is 8.15. The van der Waals surface area contributed by atoms with Crippen molar-refractivity contribution in [2.45, 2.75) is 32.5 Å². The Balaban J connectivity index is 2.94. The molecule has 0 spiro atoms. The molecule has 2 N–H and O–H groups in total. The minimum absolute atomic E-state index is 0.0476. The van der Waals surface area contributed by atoms with Gasteiger partial charge in [0.2, 0.25) is 0 Å². The van der Waals surface area contributed by atoms with Crippen molar-refractivity contribution >= 4 is 0 Å². The lowest BCUT2D eigenvalue weighted by Crippen LogP contribution is -2.12. The van der Waals surface area contributed by atoms with Crippen LogP contribution < -0.4 is 0 Å². The predicted molar refractivity (Wildman–Crippen MR) is 50.1 cm³/mol. The first-order valence-electron chi connectivity index (χ1n) is 4.24. The molecule has 0 atom stereocenters. The molecule has 1 aromatic rings. The topological polar surface area (TPSA) is 53.4 Å². The fraction of sp³-hybridized carbons (Fsp3) is 0.500. The van der Waals surface area contributed by atoms with Crippen molar-refractivity contribution in [2.24, 2.45) is 0 Å². The van der Waals surface area contributed by atoms with Gasteiger partial charge in [0, 0.05) is 6.20 Å². The van der Waals surface area contributed by atoms with Crippen LogP contribution >= 0.6 is 0 Å². The molecule has 0 aliphatic rings. The van der Waals surface area contributed by atoms with Crippen LogP contribution in [0.3, 0.4) is 0 Å². The van der Waals surface area contributed by atoms with E-state index in [1.54, 1.807) is 12.3 Å². The minimum atomic E-state index is -1.48. The summed E-state index contributed by atoms with van der Waals surface area (Å²) in [5.74, 6) is 0. The quantitative estimate of drug-likeness (QED) is 0.643. The van der Waals surface area contributed by atoms with Crippen molar-refractivity contribution in [2.75, 3.05) is 0 Å². The number of aliphatic hydroxyl groups excluding tert-OH is 1. The molecule has 1 aromatic heterocycles. The maximum Gasteiger partial charge on any atom is 0.196 e. The van der Waals surface area contributed by atoms with Crippen LogP contribution in [0.2, 0.25) is 0 Å². The van der Waals surface area contributed by atoms with Crippen molar-refractivity contribution in [3.63, 3.8) is 0 Å². The Hall–Kier alpha value is -0.930. The summed E-state index contributed by atoms with van der Waals surface area (Å²) >= 11 is 0. The van der Waals surface area contributed by atoms with E-state index < -0.39 is 6.29 Å². The zero-order valence-corrected chi connectivity index (χ0v) is 8.15. The minimum Gasteiger partial charge on any atom is -0.363 e. The Bertz CT molecular complexity index is 272. The highest BCUT2D eigenvalue weighted by Crippen LogP contribution is 2.21. The van der Waals surface area contributed by atoms with Gasteiger partial charge < -0.3 is 10.2 Å². The molecule has 3 nitrogen and oxygen atoms in total. The molecule has 3 heteroatoms. The summed E-state index contributed by atoms with van der Waals surface area (Å²) in [4.78, 5) is 3.94. The van der Waals surface area contributed by atoms with Gasteiger partial charge in [-0.05, 0) is 17.0 Å². The summed E-state index contributed by atoms with van der Waals surface area (Å²) in [6, 6.07) is 3.49. The molecule has 0 aromatic carbocycles. The average molecular weight is 181 g/mol. The van der Waals surface area contributed by atoms with Gasteiger partial charge in [-0.25, -0.2) is 0 Å². The number of pyridine rings is 1. The molecule has 0 amide bonds. The van der Waals surface area contributed by atoms with Gasteiger partial charge in [0.25, 0.3) is 0 Å². The van der Waals surface area contributed by atoms with E-state index in [2.05, 4.69) is 25.8 Å².